The highest BCUT2D eigenvalue weighted by molar-refractivity contribution is 7.99. The average Bonchev–Trinajstić information content (AvgIpc) is 3.43. The molecule has 2 fully saturated rings. The normalized spacial score (nSPS) is 20.8. The van der Waals surface area contributed by atoms with Gasteiger partial charge in [0.1, 0.15) is 0 Å². The zero-order chi connectivity index (χ0) is 20.8. The molecule has 0 amide bonds. The van der Waals surface area contributed by atoms with Gasteiger partial charge in [-0.2, -0.15) is 0 Å². The minimum Gasteiger partial charge on any atom is -0.342 e. The fraction of sp³-hybridized carbons (Fsp3) is 0.391. The molecule has 1 saturated carbocycles. The van der Waals surface area contributed by atoms with E-state index in [0.717, 1.165) is 58.4 Å². The summed E-state index contributed by atoms with van der Waals surface area (Å²) in [6, 6.07) is 6.38. The smallest absolute Gasteiger partial charge is 0.211 e. The molecule has 0 radical (unpaired) electrons. The van der Waals surface area contributed by atoms with Gasteiger partial charge in [0.15, 0.2) is 11.3 Å². The van der Waals surface area contributed by atoms with Crippen LogP contribution in [0.15, 0.2) is 59.0 Å². The number of nitrogens with zero attached hydrogens (tertiary/aromatic N) is 6. The fourth-order valence-corrected chi connectivity index (χ4v) is 6.28. The minimum absolute atomic E-state index is 0.344. The number of aromatic nitrogens is 5. The molecule has 1 spiro atoms. The van der Waals surface area contributed by atoms with E-state index >= 15 is 0 Å². The highest BCUT2D eigenvalue weighted by Gasteiger charge is 2.43. The summed E-state index contributed by atoms with van der Waals surface area (Å²) in [6.45, 7) is 2.00. The van der Waals surface area contributed by atoms with Crippen LogP contribution in [0, 0.1) is 5.41 Å². The molecule has 6 rings (SSSR count). The van der Waals surface area contributed by atoms with E-state index in [2.05, 4.69) is 30.3 Å². The summed E-state index contributed by atoms with van der Waals surface area (Å²) in [7, 11) is 0. The summed E-state index contributed by atoms with van der Waals surface area (Å²) >= 11 is 1.66. The van der Waals surface area contributed by atoms with Gasteiger partial charge in [0.05, 0.1) is 4.90 Å². The molecule has 2 aliphatic rings. The summed E-state index contributed by atoms with van der Waals surface area (Å²) in [5, 5.41) is 1.04. The maximum absolute atomic E-state index is 6.47. The molecule has 4 aromatic rings. The van der Waals surface area contributed by atoms with Crippen LogP contribution in [0.2, 0.25) is 0 Å². The van der Waals surface area contributed by atoms with Crippen LogP contribution < -0.4 is 10.6 Å². The number of pyridine rings is 2. The van der Waals surface area contributed by atoms with Gasteiger partial charge in [-0.15, -0.1) is 0 Å². The predicted molar refractivity (Wildman–Crippen MR) is 122 cm³/mol. The van der Waals surface area contributed by atoms with Crippen LogP contribution in [0.1, 0.15) is 32.1 Å². The molecule has 31 heavy (non-hydrogen) atoms. The van der Waals surface area contributed by atoms with E-state index in [0.29, 0.717) is 11.5 Å². The lowest BCUT2D eigenvalue weighted by Crippen LogP contribution is -2.47. The zero-order valence-electron chi connectivity index (χ0n) is 17.3. The molecule has 2 N–H and O–H groups in total. The Morgan fingerprint density at radius 3 is 2.68 bits per heavy atom. The number of anilines is 1. The van der Waals surface area contributed by atoms with Crippen molar-refractivity contribution < 1.29 is 0 Å². The van der Waals surface area contributed by atoms with Crippen molar-refractivity contribution in [2.24, 2.45) is 11.1 Å². The van der Waals surface area contributed by atoms with Crippen LogP contribution in [0.5, 0.6) is 0 Å². The Labute approximate surface area is 185 Å². The molecule has 1 saturated heterocycles. The van der Waals surface area contributed by atoms with E-state index < -0.39 is 0 Å². The monoisotopic (exact) mass is 431 g/mol. The van der Waals surface area contributed by atoms with Crippen molar-refractivity contribution in [1.29, 1.82) is 0 Å². The Morgan fingerprint density at radius 1 is 0.968 bits per heavy atom. The lowest BCUT2D eigenvalue weighted by molar-refractivity contribution is 0.197. The fourth-order valence-electron chi connectivity index (χ4n) is 5.29. The van der Waals surface area contributed by atoms with Gasteiger partial charge >= 0.3 is 0 Å². The van der Waals surface area contributed by atoms with E-state index in [9.17, 15) is 0 Å². The second-order valence-electron chi connectivity index (χ2n) is 8.68. The Bertz CT molecular complexity index is 1240. The van der Waals surface area contributed by atoms with Gasteiger partial charge in [-0.1, -0.05) is 18.2 Å². The Hall–Kier alpha value is -2.71. The molecule has 8 heteroatoms. The van der Waals surface area contributed by atoms with Gasteiger partial charge in [0, 0.05) is 60.4 Å². The molecule has 0 bridgehead atoms. The number of rotatable bonds is 3. The summed E-state index contributed by atoms with van der Waals surface area (Å²) in [4.78, 5) is 22.8. The second-order valence-corrected chi connectivity index (χ2v) is 9.76. The summed E-state index contributed by atoms with van der Waals surface area (Å²) in [5.41, 5.74) is 8.50. The van der Waals surface area contributed by atoms with Crippen LogP contribution in [-0.2, 0) is 0 Å². The first kappa shape index (κ1) is 19.0. The highest BCUT2D eigenvalue weighted by Crippen LogP contribution is 2.46. The number of imidazole rings is 1. The molecule has 1 aliphatic heterocycles. The van der Waals surface area contributed by atoms with Gasteiger partial charge in [0.2, 0.25) is 5.95 Å². The van der Waals surface area contributed by atoms with Crippen LogP contribution in [0.25, 0.3) is 16.7 Å². The third kappa shape index (κ3) is 3.16. The molecule has 4 aromatic heterocycles. The quantitative estimate of drug-likeness (QED) is 0.526. The van der Waals surface area contributed by atoms with Crippen molar-refractivity contribution in [3.05, 3.63) is 49.2 Å². The van der Waals surface area contributed by atoms with E-state index in [1.54, 1.807) is 24.2 Å². The lowest BCUT2D eigenvalue weighted by Gasteiger charge is -2.42. The van der Waals surface area contributed by atoms with Crippen molar-refractivity contribution in [1.82, 2.24) is 24.3 Å². The van der Waals surface area contributed by atoms with Gasteiger partial charge < -0.3 is 10.6 Å². The van der Waals surface area contributed by atoms with Gasteiger partial charge in [-0.05, 0) is 49.3 Å². The third-order valence-corrected chi connectivity index (χ3v) is 8.17. The lowest BCUT2D eigenvalue weighted by atomic mass is 9.74. The SMILES string of the molecule is N[C@@H]1CCCC12CCN(c1ncc(Sc3ccnc4ncccc34)c3nccn13)CC2. The molecule has 0 aromatic carbocycles. The van der Waals surface area contributed by atoms with Crippen LogP contribution >= 0.6 is 11.8 Å². The van der Waals surface area contributed by atoms with Crippen molar-refractivity contribution in [2.45, 2.75) is 47.9 Å². The van der Waals surface area contributed by atoms with Crippen LogP contribution in [-0.4, -0.2) is 43.5 Å². The van der Waals surface area contributed by atoms with Gasteiger partial charge in [-0.3, -0.25) is 4.40 Å². The molecule has 1 aliphatic carbocycles. The highest BCUT2D eigenvalue weighted by atomic mass is 32.2. The predicted octanol–water partition coefficient (Wildman–Crippen LogP) is 3.92. The first-order chi connectivity index (χ1) is 15.2. The molecular weight excluding hydrogens is 406 g/mol. The summed E-state index contributed by atoms with van der Waals surface area (Å²) in [6.07, 6.45) is 15.4. The summed E-state index contributed by atoms with van der Waals surface area (Å²) < 4.78 is 2.12. The minimum atomic E-state index is 0.344. The maximum atomic E-state index is 6.47. The first-order valence-electron chi connectivity index (χ1n) is 10.9. The Kier molecular flexibility index (Phi) is 4.57. The average molecular weight is 432 g/mol. The molecular formula is C23H25N7S. The molecule has 0 unspecified atom stereocenters. The molecule has 7 nitrogen and oxygen atoms in total. The van der Waals surface area contributed by atoms with Crippen molar-refractivity contribution in [3.8, 4) is 0 Å². The van der Waals surface area contributed by atoms with E-state index in [-0.39, 0.29) is 0 Å². The number of hydrogen-bond acceptors (Lipinski definition) is 7. The van der Waals surface area contributed by atoms with E-state index in [4.69, 9.17) is 10.7 Å². The number of fused-ring (bicyclic) bond motifs is 2. The number of nitrogens with two attached hydrogens (primary N) is 1. The Balaban J connectivity index is 1.31. The Morgan fingerprint density at radius 2 is 1.84 bits per heavy atom. The number of hydrogen-bond donors (Lipinski definition) is 1. The summed E-state index contributed by atoms with van der Waals surface area (Å²) in [5.74, 6) is 0.972. The second kappa shape index (κ2) is 7.46. The largest absolute Gasteiger partial charge is 0.342 e. The standard InChI is InChI=1S/C23H25N7S/c24-19-4-1-6-23(19)7-12-29(13-8-23)22-28-15-18(21-27-11-14-30(21)22)31-17-5-10-26-20-16(17)3-2-9-25-20/h2-3,5,9-11,14-15,19H,1,4,6-8,12-13,24H2/t19-/m1/s1. The maximum Gasteiger partial charge on any atom is 0.211 e. The molecule has 158 valence electrons. The van der Waals surface area contributed by atoms with Crippen molar-refractivity contribution in [3.63, 3.8) is 0 Å². The van der Waals surface area contributed by atoms with Crippen molar-refractivity contribution in [2.75, 3.05) is 18.0 Å². The topological polar surface area (TPSA) is 85.2 Å². The number of piperidine rings is 1. The zero-order valence-corrected chi connectivity index (χ0v) is 18.1. The van der Waals surface area contributed by atoms with Gasteiger partial charge in [0.25, 0.3) is 0 Å². The van der Waals surface area contributed by atoms with Crippen LogP contribution in [0.4, 0.5) is 5.95 Å². The van der Waals surface area contributed by atoms with Crippen LogP contribution in [0.3, 0.4) is 0 Å². The van der Waals surface area contributed by atoms with Gasteiger partial charge in [-0.25, -0.2) is 19.9 Å². The molecule has 1 atom stereocenters. The van der Waals surface area contributed by atoms with E-state index in [1.807, 2.05) is 30.7 Å². The first-order valence-corrected chi connectivity index (χ1v) is 11.8. The van der Waals surface area contributed by atoms with Crippen molar-refractivity contribution >= 4 is 34.4 Å². The van der Waals surface area contributed by atoms with E-state index in [1.165, 1.54) is 19.3 Å². The molecule has 5 heterocycles. The third-order valence-electron chi connectivity index (χ3n) is 7.09.